The smallest absolute Gasteiger partial charge is 0.309 e. The average Bonchev–Trinajstić information content (AvgIpc) is 3.38. The van der Waals surface area contributed by atoms with Crippen molar-refractivity contribution in [3.63, 3.8) is 0 Å². The second-order valence-corrected chi connectivity index (χ2v) is 11.7. The van der Waals surface area contributed by atoms with Crippen LogP contribution in [0.2, 0.25) is 0 Å². The lowest BCUT2D eigenvalue weighted by Gasteiger charge is -2.33. The zero-order chi connectivity index (χ0) is 25.2. The number of aryl methyl sites for hydroxylation is 1. The molecule has 34 heavy (non-hydrogen) atoms. The molecule has 0 radical (unpaired) electrons. The highest BCUT2D eigenvalue weighted by molar-refractivity contribution is 7.09. The average molecular weight is 494 g/mol. The van der Waals surface area contributed by atoms with E-state index < -0.39 is 29.7 Å². The quantitative estimate of drug-likeness (QED) is 0.472. The van der Waals surface area contributed by atoms with Gasteiger partial charge in [-0.15, -0.1) is 11.3 Å². The van der Waals surface area contributed by atoms with Crippen molar-refractivity contribution < 1.29 is 29.3 Å². The normalized spacial score (nSPS) is 36.0. The summed E-state index contributed by atoms with van der Waals surface area (Å²) in [4.78, 5) is 30.4. The summed E-state index contributed by atoms with van der Waals surface area (Å²) in [5.74, 6) is -1.05. The highest BCUT2D eigenvalue weighted by atomic mass is 32.1. The maximum atomic E-state index is 13.1. The first-order valence-corrected chi connectivity index (χ1v) is 13.1. The number of esters is 1. The Hall–Kier alpha value is -1.61. The predicted molar refractivity (Wildman–Crippen MR) is 131 cm³/mol. The number of nitrogens with zero attached hydrogens (tertiary/aromatic N) is 1. The van der Waals surface area contributed by atoms with Crippen molar-refractivity contribution >= 4 is 29.2 Å². The monoisotopic (exact) mass is 493 g/mol. The fourth-order valence-corrected chi connectivity index (χ4v) is 5.38. The molecule has 7 nitrogen and oxygen atoms in total. The molecule has 2 saturated heterocycles. The number of thiazole rings is 1. The fourth-order valence-electron chi connectivity index (χ4n) is 4.81. The number of rotatable bonds is 2. The molecule has 1 aromatic heterocycles. The summed E-state index contributed by atoms with van der Waals surface area (Å²) in [7, 11) is 0. The van der Waals surface area contributed by atoms with Gasteiger partial charge in [-0.25, -0.2) is 4.98 Å². The van der Waals surface area contributed by atoms with Crippen molar-refractivity contribution in [2.24, 2.45) is 17.3 Å². The molecule has 0 saturated carbocycles. The van der Waals surface area contributed by atoms with E-state index in [4.69, 9.17) is 9.47 Å². The molecule has 3 heterocycles. The van der Waals surface area contributed by atoms with Gasteiger partial charge in [-0.1, -0.05) is 27.7 Å². The Morgan fingerprint density at radius 2 is 1.88 bits per heavy atom. The molecule has 2 aliphatic heterocycles. The molecule has 3 rings (SSSR count). The number of aliphatic hydroxyl groups excluding tert-OH is 2. The largest absolute Gasteiger partial charge is 0.458 e. The molecule has 0 bridgehead atoms. The van der Waals surface area contributed by atoms with Crippen LogP contribution in [0.15, 0.2) is 11.0 Å². The van der Waals surface area contributed by atoms with Crippen LogP contribution in [-0.4, -0.2) is 57.5 Å². The molecule has 0 spiro atoms. The Bertz CT molecular complexity index is 909. The van der Waals surface area contributed by atoms with E-state index >= 15 is 0 Å². The molecule has 2 N–H and O–H groups in total. The van der Waals surface area contributed by atoms with Crippen LogP contribution >= 0.6 is 11.3 Å². The van der Waals surface area contributed by atoms with Crippen molar-refractivity contribution in [1.82, 2.24) is 4.98 Å². The van der Waals surface area contributed by atoms with Crippen LogP contribution in [0.25, 0.3) is 6.08 Å². The second-order valence-electron chi connectivity index (χ2n) is 10.7. The number of hydrogen-bond acceptors (Lipinski definition) is 8. The summed E-state index contributed by atoms with van der Waals surface area (Å²) < 4.78 is 11.7. The number of aliphatic hydroxyl groups is 2. The minimum absolute atomic E-state index is 0.0221. The van der Waals surface area contributed by atoms with Gasteiger partial charge in [0.15, 0.2) is 0 Å². The zero-order valence-corrected chi connectivity index (χ0v) is 21.9. The van der Waals surface area contributed by atoms with Crippen LogP contribution in [0, 0.1) is 24.2 Å². The lowest BCUT2D eigenvalue weighted by molar-refractivity contribution is -0.153. The van der Waals surface area contributed by atoms with Crippen LogP contribution in [-0.2, 0) is 19.1 Å². The van der Waals surface area contributed by atoms with E-state index in [1.165, 1.54) is 0 Å². The molecule has 2 fully saturated rings. The van der Waals surface area contributed by atoms with Gasteiger partial charge in [-0.3, -0.25) is 9.59 Å². The van der Waals surface area contributed by atoms with Crippen LogP contribution in [0.4, 0.5) is 0 Å². The molecule has 190 valence electrons. The summed E-state index contributed by atoms with van der Waals surface area (Å²) >= 11 is 1.55. The Balaban J connectivity index is 1.82. The van der Waals surface area contributed by atoms with Crippen molar-refractivity contribution in [3.05, 3.63) is 21.7 Å². The predicted octanol–water partition coefficient (Wildman–Crippen LogP) is 4.09. The van der Waals surface area contributed by atoms with E-state index in [9.17, 15) is 19.8 Å². The Kier molecular flexibility index (Phi) is 8.71. The first-order valence-electron chi connectivity index (χ1n) is 12.2. The number of carbonyl (C=O) groups excluding carboxylic acids is 2. The van der Waals surface area contributed by atoms with Crippen molar-refractivity contribution in [2.75, 3.05) is 0 Å². The highest BCUT2D eigenvalue weighted by Crippen LogP contribution is 2.36. The topological polar surface area (TPSA) is 109 Å². The SMILES string of the molecule is CC(=Cc1csc(C)n1)C1C[C@@H]2O[C@@H]2CC[C@H](O)[C@H](C)C[C@@H](C)C(=O)C(C)(C)[C@@H](O)CC(=O)O1. The summed E-state index contributed by atoms with van der Waals surface area (Å²) in [5, 5.41) is 24.4. The third kappa shape index (κ3) is 6.74. The standard InChI is InChI=1S/C26H39NO6S/c1-14-9-16(3)25(31)26(5,6)23(29)12-24(30)33-21(11-22-20(32-22)8-7-19(14)28)15(2)10-18-13-34-17(4)27-18/h10,13-14,16,19-23,28-29H,7-9,11-12H2,1-6H3/t14-,16-,19+,20-,21?,22+,23+/m1/s1. The Morgan fingerprint density at radius 3 is 2.53 bits per heavy atom. The minimum atomic E-state index is -1.17. The molecule has 7 atom stereocenters. The number of Topliss-reactive ketones (excluding diaryl/α,β-unsaturated/α-hetero) is 1. The Labute approximate surface area is 206 Å². The minimum Gasteiger partial charge on any atom is -0.458 e. The molecular formula is C26H39NO6S. The first kappa shape index (κ1) is 27.0. The molecule has 0 aliphatic carbocycles. The van der Waals surface area contributed by atoms with Gasteiger partial charge in [0.25, 0.3) is 0 Å². The van der Waals surface area contributed by atoms with E-state index in [1.54, 1.807) is 25.2 Å². The van der Waals surface area contributed by atoms with Gasteiger partial charge in [0.2, 0.25) is 0 Å². The molecule has 1 unspecified atom stereocenters. The molecule has 0 aromatic carbocycles. The number of ether oxygens (including phenoxy) is 2. The number of ketones is 1. The number of epoxide rings is 1. The van der Waals surface area contributed by atoms with E-state index in [2.05, 4.69) is 4.98 Å². The zero-order valence-electron chi connectivity index (χ0n) is 21.1. The number of fused-ring (bicyclic) bond motifs is 1. The molecule has 8 heteroatoms. The Morgan fingerprint density at radius 1 is 1.18 bits per heavy atom. The van der Waals surface area contributed by atoms with Gasteiger partial charge in [0.05, 0.1) is 47.0 Å². The van der Waals surface area contributed by atoms with Gasteiger partial charge in [-0.2, -0.15) is 0 Å². The van der Waals surface area contributed by atoms with Crippen molar-refractivity contribution in [3.8, 4) is 0 Å². The van der Waals surface area contributed by atoms with E-state index in [-0.39, 0.29) is 36.2 Å². The molecule has 0 amide bonds. The number of cyclic esters (lactones) is 1. The molecule has 2 aliphatic rings. The summed E-state index contributed by atoms with van der Waals surface area (Å²) in [6.07, 6.45) is 1.75. The second kappa shape index (κ2) is 11.0. The summed E-state index contributed by atoms with van der Waals surface area (Å²) in [6, 6.07) is 0. The number of carbonyl (C=O) groups is 2. The number of hydrogen-bond donors (Lipinski definition) is 2. The molecule has 1 aromatic rings. The van der Waals surface area contributed by atoms with Gasteiger partial charge in [-0.05, 0) is 50.7 Å². The van der Waals surface area contributed by atoms with Gasteiger partial charge < -0.3 is 19.7 Å². The van der Waals surface area contributed by atoms with Crippen LogP contribution in [0.5, 0.6) is 0 Å². The number of aromatic nitrogens is 1. The lowest BCUT2D eigenvalue weighted by Crippen LogP contribution is -2.42. The van der Waals surface area contributed by atoms with Crippen LogP contribution < -0.4 is 0 Å². The first-order chi connectivity index (χ1) is 15.9. The third-order valence-corrected chi connectivity index (χ3v) is 8.12. The maximum absolute atomic E-state index is 13.1. The van der Waals surface area contributed by atoms with Crippen molar-refractivity contribution in [2.45, 2.75) is 104 Å². The third-order valence-electron chi connectivity index (χ3n) is 7.33. The van der Waals surface area contributed by atoms with Gasteiger partial charge in [0, 0.05) is 17.7 Å². The van der Waals surface area contributed by atoms with E-state index in [0.717, 1.165) is 22.7 Å². The van der Waals surface area contributed by atoms with E-state index in [1.807, 2.05) is 39.2 Å². The highest BCUT2D eigenvalue weighted by Gasteiger charge is 2.43. The molecular weight excluding hydrogens is 454 g/mol. The van der Waals surface area contributed by atoms with Gasteiger partial charge >= 0.3 is 5.97 Å². The lowest BCUT2D eigenvalue weighted by atomic mass is 9.73. The van der Waals surface area contributed by atoms with E-state index in [0.29, 0.717) is 19.3 Å². The van der Waals surface area contributed by atoms with Crippen molar-refractivity contribution in [1.29, 1.82) is 0 Å². The maximum Gasteiger partial charge on any atom is 0.309 e. The summed E-state index contributed by atoms with van der Waals surface area (Å²) in [6.45, 7) is 11.0. The van der Waals surface area contributed by atoms with Crippen LogP contribution in [0.3, 0.4) is 0 Å². The fraction of sp³-hybridized carbons (Fsp3) is 0.731. The van der Waals surface area contributed by atoms with Crippen LogP contribution in [0.1, 0.15) is 77.4 Å². The van der Waals surface area contributed by atoms with Gasteiger partial charge in [0.1, 0.15) is 11.9 Å². The summed E-state index contributed by atoms with van der Waals surface area (Å²) in [5.41, 5.74) is 0.555.